The van der Waals surface area contributed by atoms with E-state index in [1.165, 1.54) is 116 Å². The molecular formula is C27H54O2. The minimum absolute atomic E-state index is 0.201. The lowest BCUT2D eigenvalue weighted by atomic mass is 9.87. The Balaban J connectivity index is 3.29. The van der Waals surface area contributed by atoms with Crippen molar-refractivity contribution in [2.24, 2.45) is 17.8 Å². The standard InChI is InChI=1S/C27H54O2/c1-5-6-7-8-9-10-11-12-13-14-15-16-17-18-19-20-21-24(2)22-25(3)23-26(4)27(28)29/h24-26H,5-23H2,1-4H3,(H,28,29)/t24-,25-,26-/m0/s1. The summed E-state index contributed by atoms with van der Waals surface area (Å²) in [6, 6.07) is 0. The fraction of sp³-hybridized carbons (Fsp3) is 0.963. The first-order valence-corrected chi connectivity index (χ1v) is 13.2. The van der Waals surface area contributed by atoms with Crippen molar-refractivity contribution in [1.29, 1.82) is 0 Å². The predicted octanol–water partition coefficient (Wildman–Crippen LogP) is 9.41. The number of carboxylic acids is 1. The Morgan fingerprint density at radius 1 is 0.586 bits per heavy atom. The molecule has 0 aliphatic heterocycles. The third-order valence-electron chi connectivity index (χ3n) is 6.53. The molecule has 2 heteroatoms. The highest BCUT2D eigenvalue weighted by Crippen LogP contribution is 2.23. The Kier molecular flexibility index (Phi) is 20.4. The van der Waals surface area contributed by atoms with Crippen LogP contribution in [0.5, 0.6) is 0 Å². The van der Waals surface area contributed by atoms with Crippen molar-refractivity contribution in [1.82, 2.24) is 0 Å². The van der Waals surface area contributed by atoms with E-state index in [4.69, 9.17) is 5.11 Å². The van der Waals surface area contributed by atoms with Gasteiger partial charge in [-0.3, -0.25) is 4.79 Å². The molecule has 0 aromatic carbocycles. The summed E-state index contributed by atoms with van der Waals surface area (Å²) in [5.41, 5.74) is 0. The number of hydrogen-bond donors (Lipinski definition) is 1. The van der Waals surface area contributed by atoms with Crippen LogP contribution in [0.15, 0.2) is 0 Å². The minimum Gasteiger partial charge on any atom is -0.481 e. The molecule has 0 aromatic rings. The van der Waals surface area contributed by atoms with E-state index < -0.39 is 5.97 Å². The number of unbranched alkanes of at least 4 members (excludes halogenated alkanes) is 15. The van der Waals surface area contributed by atoms with E-state index in [9.17, 15) is 4.79 Å². The van der Waals surface area contributed by atoms with Crippen LogP contribution in [0.3, 0.4) is 0 Å². The van der Waals surface area contributed by atoms with Gasteiger partial charge in [-0.15, -0.1) is 0 Å². The molecule has 0 amide bonds. The molecule has 0 aromatic heterocycles. The van der Waals surface area contributed by atoms with Gasteiger partial charge in [-0.2, -0.15) is 0 Å². The van der Waals surface area contributed by atoms with Gasteiger partial charge in [-0.05, 0) is 24.7 Å². The Morgan fingerprint density at radius 3 is 1.34 bits per heavy atom. The van der Waals surface area contributed by atoms with Gasteiger partial charge in [0.05, 0.1) is 5.92 Å². The number of aliphatic carboxylic acids is 1. The second kappa shape index (κ2) is 20.7. The lowest BCUT2D eigenvalue weighted by Crippen LogP contribution is -2.14. The zero-order valence-electron chi connectivity index (χ0n) is 20.5. The average molecular weight is 411 g/mol. The van der Waals surface area contributed by atoms with Crippen LogP contribution in [0.4, 0.5) is 0 Å². The topological polar surface area (TPSA) is 37.3 Å². The highest BCUT2D eigenvalue weighted by Gasteiger charge is 2.16. The second-order valence-electron chi connectivity index (χ2n) is 10.0. The zero-order chi connectivity index (χ0) is 21.7. The molecule has 0 spiro atoms. The molecule has 0 saturated carbocycles. The molecule has 0 aliphatic rings. The van der Waals surface area contributed by atoms with E-state index in [-0.39, 0.29) is 5.92 Å². The van der Waals surface area contributed by atoms with Crippen molar-refractivity contribution in [2.75, 3.05) is 0 Å². The van der Waals surface area contributed by atoms with E-state index in [1.807, 2.05) is 6.92 Å². The summed E-state index contributed by atoms with van der Waals surface area (Å²) in [4.78, 5) is 11.0. The molecule has 3 atom stereocenters. The molecule has 0 radical (unpaired) electrons. The molecular weight excluding hydrogens is 356 g/mol. The number of carbonyl (C=O) groups is 1. The maximum absolute atomic E-state index is 11.0. The highest BCUT2D eigenvalue weighted by molar-refractivity contribution is 5.69. The zero-order valence-corrected chi connectivity index (χ0v) is 20.5. The SMILES string of the molecule is CCCCCCCCCCCCCCCCCC[C@H](C)C[C@H](C)C[C@H](C)C(=O)O. The first-order valence-electron chi connectivity index (χ1n) is 13.2. The van der Waals surface area contributed by atoms with Crippen molar-refractivity contribution in [3.8, 4) is 0 Å². The summed E-state index contributed by atoms with van der Waals surface area (Å²) in [6.45, 7) is 8.67. The van der Waals surface area contributed by atoms with Crippen LogP contribution in [-0.4, -0.2) is 11.1 Å². The van der Waals surface area contributed by atoms with E-state index in [0.717, 1.165) is 12.3 Å². The van der Waals surface area contributed by atoms with Gasteiger partial charge >= 0.3 is 5.97 Å². The van der Waals surface area contributed by atoms with Crippen molar-refractivity contribution in [2.45, 2.75) is 150 Å². The minimum atomic E-state index is -0.651. The Morgan fingerprint density at radius 2 is 0.966 bits per heavy atom. The number of hydrogen-bond acceptors (Lipinski definition) is 1. The van der Waals surface area contributed by atoms with Gasteiger partial charge in [0.2, 0.25) is 0 Å². The lowest BCUT2D eigenvalue weighted by molar-refractivity contribution is -0.141. The molecule has 0 bridgehead atoms. The maximum atomic E-state index is 11.0. The van der Waals surface area contributed by atoms with E-state index >= 15 is 0 Å². The van der Waals surface area contributed by atoms with Gasteiger partial charge in [0, 0.05) is 0 Å². The summed E-state index contributed by atoms with van der Waals surface area (Å²) in [6.07, 6.45) is 26.1. The molecule has 2 nitrogen and oxygen atoms in total. The number of rotatable bonds is 22. The largest absolute Gasteiger partial charge is 0.481 e. The van der Waals surface area contributed by atoms with Crippen molar-refractivity contribution in [3.05, 3.63) is 0 Å². The Hall–Kier alpha value is -0.530. The third-order valence-corrected chi connectivity index (χ3v) is 6.53. The fourth-order valence-corrected chi connectivity index (χ4v) is 4.65. The predicted molar refractivity (Wildman–Crippen MR) is 129 cm³/mol. The molecule has 0 heterocycles. The van der Waals surface area contributed by atoms with E-state index in [2.05, 4.69) is 20.8 Å². The summed E-state index contributed by atoms with van der Waals surface area (Å²) >= 11 is 0. The van der Waals surface area contributed by atoms with Gasteiger partial charge in [-0.1, -0.05) is 137 Å². The first-order chi connectivity index (χ1) is 14.0. The van der Waals surface area contributed by atoms with Crippen LogP contribution in [0.1, 0.15) is 150 Å². The van der Waals surface area contributed by atoms with Crippen LogP contribution in [0.2, 0.25) is 0 Å². The molecule has 29 heavy (non-hydrogen) atoms. The number of carboxylic acid groups (broad SMARTS) is 1. The first kappa shape index (κ1) is 28.5. The van der Waals surface area contributed by atoms with Gasteiger partial charge in [0.15, 0.2) is 0 Å². The summed E-state index contributed by atoms with van der Waals surface area (Å²) in [7, 11) is 0. The monoisotopic (exact) mass is 410 g/mol. The molecule has 0 rings (SSSR count). The van der Waals surface area contributed by atoms with Crippen LogP contribution in [-0.2, 0) is 4.79 Å². The van der Waals surface area contributed by atoms with Crippen molar-refractivity contribution < 1.29 is 9.90 Å². The molecule has 0 unspecified atom stereocenters. The molecule has 1 N–H and O–H groups in total. The van der Waals surface area contributed by atoms with Gasteiger partial charge in [-0.25, -0.2) is 0 Å². The van der Waals surface area contributed by atoms with E-state index in [0.29, 0.717) is 5.92 Å². The second-order valence-corrected chi connectivity index (χ2v) is 10.0. The maximum Gasteiger partial charge on any atom is 0.306 e. The van der Waals surface area contributed by atoms with Gasteiger partial charge < -0.3 is 5.11 Å². The highest BCUT2D eigenvalue weighted by atomic mass is 16.4. The summed E-state index contributed by atoms with van der Waals surface area (Å²) in [5, 5.41) is 9.02. The van der Waals surface area contributed by atoms with Crippen molar-refractivity contribution in [3.63, 3.8) is 0 Å². The third kappa shape index (κ3) is 20.5. The smallest absolute Gasteiger partial charge is 0.306 e. The molecule has 174 valence electrons. The summed E-state index contributed by atoms with van der Waals surface area (Å²) < 4.78 is 0. The van der Waals surface area contributed by atoms with Crippen LogP contribution in [0.25, 0.3) is 0 Å². The van der Waals surface area contributed by atoms with Crippen LogP contribution < -0.4 is 0 Å². The quantitative estimate of drug-likeness (QED) is 0.180. The Labute approximate surface area is 183 Å². The van der Waals surface area contributed by atoms with E-state index in [1.54, 1.807) is 0 Å². The normalized spacial score (nSPS) is 14.6. The lowest BCUT2D eigenvalue weighted by Gasteiger charge is -2.19. The molecule has 0 saturated heterocycles. The Bertz CT molecular complexity index is 352. The van der Waals surface area contributed by atoms with Crippen molar-refractivity contribution >= 4 is 5.97 Å². The molecule has 0 aliphatic carbocycles. The van der Waals surface area contributed by atoms with Gasteiger partial charge in [0.1, 0.15) is 0 Å². The fourth-order valence-electron chi connectivity index (χ4n) is 4.65. The molecule has 0 fully saturated rings. The van der Waals surface area contributed by atoms with Crippen LogP contribution in [0, 0.1) is 17.8 Å². The average Bonchev–Trinajstić information content (AvgIpc) is 2.67. The summed E-state index contributed by atoms with van der Waals surface area (Å²) in [5.74, 6) is 0.407. The van der Waals surface area contributed by atoms with Crippen LogP contribution >= 0.6 is 0 Å². The van der Waals surface area contributed by atoms with Gasteiger partial charge in [0.25, 0.3) is 0 Å².